The summed E-state index contributed by atoms with van der Waals surface area (Å²) in [6, 6.07) is 6.28. The summed E-state index contributed by atoms with van der Waals surface area (Å²) in [6.07, 6.45) is 4.53. The van der Waals surface area contributed by atoms with Crippen LogP contribution in [0, 0.1) is 6.92 Å². The van der Waals surface area contributed by atoms with E-state index in [0.29, 0.717) is 18.7 Å². The van der Waals surface area contributed by atoms with E-state index in [1.165, 1.54) is 5.56 Å². The first-order valence-corrected chi connectivity index (χ1v) is 8.34. The number of carbonyl (C=O) groups excluding carboxylic acids is 1. The molecule has 4 nitrogen and oxygen atoms in total. The van der Waals surface area contributed by atoms with Crippen molar-refractivity contribution in [2.75, 3.05) is 25.6 Å². The van der Waals surface area contributed by atoms with Crippen molar-refractivity contribution in [1.82, 2.24) is 10.3 Å². The van der Waals surface area contributed by atoms with E-state index in [2.05, 4.69) is 40.4 Å². The van der Waals surface area contributed by atoms with Gasteiger partial charge in [0.05, 0.1) is 0 Å². The number of aliphatic imine (C=N–C) groups is 1. The highest BCUT2D eigenvalue weighted by Crippen LogP contribution is 2.20. The Labute approximate surface area is 129 Å². The van der Waals surface area contributed by atoms with Crippen LogP contribution < -0.4 is 5.32 Å². The number of hydrogen-bond donors (Lipinski definition) is 2. The van der Waals surface area contributed by atoms with Crippen molar-refractivity contribution in [1.29, 1.82) is 0 Å². The molecule has 0 atom stereocenters. The van der Waals surface area contributed by atoms with Crippen LogP contribution in [-0.2, 0) is 11.2 Å². The summed E-state index contributed by atoms with van der Waals surface area (Å²) in [4.78, 5) is 19.5. The third-order valence-electron chi connectivity index (χ3n) is 3.40. The Kier molecular flexibility index (Phi) is 5.44. The van der Waals surface area contributed by atoms with Crippen molar-refractivity contribution in [3.63, 3.8) is 0 Å². The first kappa shape index (κ1) is 15.6. The molecule has 2 N–H and O–H groups in total. The summed E-state index contributed by atoms with van der Waals surface area (Å²) in [5, 5.41) is 4.07. The van der Waals surface area contributed by atoms with Crippen molar-refractivity contribution in [2.24, 2.45) is 4.99 Å². The lowest BCUT2D eigenvalue weighted by Gasteiger charge is -2.07. The van der Waals surface area contributed by atoms with Crippen LogP contribution in [0.3, 0.4) is 0 Å². The predicted octanol–water partition coefficient (Wildman–Crippen LogP) is 2.57. The number of fused-ring (bicyclic) bond motifs is 1. The fraction of sp³-hybridized carbons (Fsp3) is 0.375. The van der Waals surface area contributed by atoms with E-state index in [1.807, 2.05) is 12.5 Å². The van der Waals surface area contributed by atoms with E-state index in [1.54, 1.807) is 18.8 Å². The molecule has 0 radical (unpaired) electrons. The summed E-state index contributed by atoms with van der Waals surface area (Å²) in [6.45, 7) is 2.74. The van der Waals surface area contributed by atoms with Gasteiger partial charge < -0.3 is 10.3 Å². The number of rotatable bonds is 6. The highest BCUT2D eigenvalue weighted by atomic mass is 32.2. The van der Waals surface area contributed by atoms with Gasteiger partial charge in [0.15, 0.2) is 0 Å². The molecule has 0 spiro atoms. The number of hydrogen-bond acceptors (Lipinski definition) is 3. The Hall–Kier alpha value is -1.75. The van der Waals surface area contributed by atoms with Crippen molar-refractivity contribution >= 4 is 34.3 Å². The van der Waals surface area contributed by atoms with Gasteiger partial charge in [-0.2, -0.15) is 11.8 Å². The van der Waals surface area contributed by atoms with Crippen LogP contribution >= 0.6 is 11.8 Å². The molecule has 1 aromatic heterocycles. The summed E-state index contributed by atoms with van der Waals surface area (Å²) < 4.78 is 0. The second-order valence-electron chi connectivity index (χ2n) is 4.96. The monoisotopic (exact) mass is 303 g/mol. The Balaban J connectivity index is 2.14. The van der Waals surface area contributed by atoms with Crippen LogP contribution in [0.4, 0.5) is 0 Å². The highest BCUT2D eigenvalue weighted by molar-refractivity contribution is 7.98. The molecule has 5 heteroatoms. The maximum atomic E-state index is 12.1. The molecule has 1 aromatic carbocycles. The maximum absolute atomic E-state index is 12.1. The van der Waals surface area contributed by atoms with Crippen LogP contribution in [-0.4, -0.2) is 42.2 Å². The van der Waals surface area contributed by atoms with E-state index < -0.39 is 0 Å². The van der Waals surface area contributed by atoms with Crippen LogP contribution in [0.5, 0.6) is 0 Å². The first-order chi connectivity index (χ1) is 10.2. The second kappa shape index (κ2) is 7.31. The topological polar surface area (TPSA) is 57.2 Å². The van der Waals surface area contributed by atoms with Gasteiger partial charge in [-0.15, -0.1) is 0 Å². The zero-order chi connectivity index (χ0) is 15.2. The molecule has 0 saturated heterocycles. The molecule has 0 aliphatic heterocycles. The normalized spacial score (nSPS) is 11.9. The van der Waals surface area contributed by atoms with Gasteiger partial charge in [-0.3, -0.25) is 9.79 Å². The number of amides is 1. The fourth-order valence-corrected chi connectivity index (χ4v) is 2.55. The Morgan fingerprint density at radius 1 is 1.43 bits per heavy atom. The van der Waals surface area contributed by atoms with E-state index in [4.69, 9.17) is 0 Å². The van der Waals surface area contributed by atoms with Crippen molar-refractivity contribution in [2.45, 2.75) is 13.3 Å². The molecular weight excluding hydrogens is 282 g/mol. The van der Waals surface area contributed by atoms with Crippen molar-refractivity contribution < 1.29 is 4.79 Å². The smallest absolute Gasteiger partial charge is 0.265 e. The minimum atomic E-state index is -0.0754. The molecule has 112 valence electrons. The number of aromatic amines is 1. The van der Waals surface area contributed by atoms with Crippen LogP contribution in [0.1, 0.15) is 11.1 Å². The van der Waals surface area contributed by atoms with Gasteiger partial charge in [-0.05, 0) is 30.9 Å². The Morgan fingerprint density at radius 3 is 2.95 bits per heavy atom. The van der Waals surface area contributed by atoms with Gasteiger partial charge in [0, 0.05) is 42.9 Å². The van der Waals surface area contributed by atoms with Crippen molar-refractivity contribution in [3.05, 3.63) is 35.5 Å². The average molecular weight is 303 g/mol. The van der Waals surface area contributed by atoms with E-state index >= 15 is 0 Å². The number of thioether (sulfide) groups is 1. The van der Waals surface area contributed by atoms with Gasteiger partial charge >= 0.3 is 0 Å². The predicted molar refractivity (Wildman–Crippen MR) is 91.5 cm³/mol. The van der Waals surface area contributed by atoms with E-state index in [-0.39, 0.29) is 5.91 Å². The molecule has 0 fully saturated rings. The number of H-pyrrole nitrogens is 1. The minimum Gasteiger partial charge on any atom is -0.361 e. The Bertz CT molecular complexity index is 661. The molecule has 21 heavy (non-hydrogen) atoms. The van der Waals surface area contributed by atoms with Gasteiger partial charge in [-0.1, -0.05) is 11.6 Å². The first-order valence-electron chi connectivity index (χ1n) is 6.95. The third kappa shape index (κ3) is 3.88. The molecule has 1 heterocycles. The molecule has 0 aliphatic rings. The second-order valence-corrected chi connectivity index (χ2v) is 5.94. The summed E-state index contributed by atoms with van der Waals surface area (Å²) in [5.74, 6) is 0.836. The van der Waals surface area contributed by atoms with Crippen LogP contribution in [0.2, 0.25) is 0 Å². The lowest BCUT2D eigenvalue weighted by atomic mass is 10.1. The van der Waals surface area contributed by atoms with E-state index in [0.717, 1.165) is 22.2 Å². The third-order valence-corrected chi connectivity index (χ3v) is 4.02. The van der Waals surface area contributed by atoms with Gasteiger partial charge in [0.1, 0.15) is 5.71 Å². The largest absolute Gasteiger partial charge is 0.361 e. The number of nitrogens with zero attached hydrogens (tertiary/aromatic N) is 1. The maximum Gasteiger partial charge on any atom is 0.265 e. The number of aryl methyl sites for hydroxylation is 1. The number of carbonyl (C=O) groups is 1. The van der Waals surface area contributed by atoms with Crippen molar-refractivity contribution in [3.8, 4) is 0 Å². The number of benzene rings is 1. The molecule has 2 rings (SSSR count). The summed E-state index contributed by atoms with van der Waals surface area (Å²) >= 11 is 1.71. The zero-order valence-electron chi connectivity index (χ0n) is 12.7. The average Bonchev–Trinajstić information content (AvgIpc) is 2.87. The summed E-state index contributed by atoms with van der Waals surface area (Å²) in [7, 11) is 1.67. The fourth-order valence-electron chi connectivity index (χ4n) is 2.25. The molecule has 0 saturated carbocycles. The number of aromatic nitrogens is 1. The highest BCUT2D eigenvalue weighted by Gasteiger charge is 2.13. The van der Waals surface area contributed by atoms with Gasteiger partial charge in [-0.25, -0.2) is 0 Å². The van der Waals surface area contributed by atoms with Gasteiger partial charge in [0.25, 0.3) is 5.91 Å². The quantitative estimate of drug-likeness (QED) is 0.636. The minimum absolute atomic E-state index is 0.0754. The lowest BCUT2D eigenvalue weighted by molar-refractivity contribution is -0.114. The lowest BCUT2D eigenvalue weighted by Crippen LogP contribution is -2.33. The SMILES string of the molecule is CN=C(Cc1c[nH]c2ccc(C)cc12)C(=O)NCCSC. The number of nitrogens with one attached hydrogen (secondary N) is 2. The molecule has 2 aromatic rings. The van der Waals surface area contributed by atoms with E-state index in [9.17, 15) is 4.79 Å². The molecule has 0 unspecified atom stereocenters. The zero-order valence-corrected chi connectivity index (χ0v) is 13.5. The van der Waals surface area contributed by atoms with Crippen LogP contribution in [0.25, 0.3) is 10.9 Å². The molecule has 1 amide bonds. The molecular formula is C16H21N3OS. The molecule has 0 aliphatic carbocycles. The van der Waals surface area contributed by atoms with Gasteiger partial charge in [0.2, 0.25) is 0 Å². The Morgan fingerprint density at radius 2 is 2.24 bits per heavy atom. The summed E-state index contributed by atoms with van der Waals surface area (Å²) in [5.41, 5.74) is 3.98. The van der Waals surface area contributed by atoms with Crippen LogP contribution in [0.15, 0.2) is 29.4 Å². The standard InChI is InChI=1S/C16H21N3OS/c1-11-4-5-14-13(8-11)12(10-19-14)9-15(17-2)16(20)18-6-7-21-3/h4-5,8,10,19H,6-7,9H2,1-3H3,(H,18,20). The molecule has 0 bridgehead atoms.